The standard InChI is InChI=1S/C9H9N3O3/c1-12-7-6(11-8(12)9(13)14)5(15-2)3-4-10-7/h3-4H,1-2H3,(H,13,14). The summed E-state index contributed by atoms with van der Waals surface area (Å²) in [6.45, 7) is 0. The Morgan fingerprint density at radius 3 is 2.93 bits per heavy atom. The minimum atomic E-state index is -1.09. The van der Waals surface area contributed by atoms with Crippen molar-refractivity contribution in [1.82, 2.24) is 14.5 Å². The highest BCUT2D eigenvalue weighted by molar-refractivity contribution is 5.90. The number of carboxylic acid groups (broad SMARTS) is 1. The molecular formula is C9H9N3O3. The summed E-state index contributed by atoms with van der Waals surface area (Å²) >= 11 is 0. The molecule has 6 heteroatoms. The van der Waals surface area contributed by atoms with Gasteiger partial charge in [0.25, 0.3) is 0 Å². The van der Waals surface area contributed by atoms with Gasteiger partial charge in [-0.15, -0.1) is 0 Å². The van der Waals surface area contributed by atoms with E-state index < -0.39 is 5.97 Å². The zero-order valence-electron chi connectivity index (χ0n) is 8.26. The van der Waals surface area contributed by atoms with Crippen LogP contribution in [0.15, 0.2) is 12.3 Å². The van der Waals surface area contributed by atoms with Gasteiger partial charge in [0, 0.05) is 19.3 Å². The number of hydrogen-bond acceptors (Lipinski definition) is 4. The van der Waals surface area contributed by atoms with Crippen LogP contribution in [-0.4, -0.2) is 32.7 Å². The molecular weight excluding hydrogens is 198 g/mol. The monoisotopic (exact) mass is 207 g/mol. The Bertz CT molecular complexity index is 533. The number of carboxylic acids is 1. The maximum atomic E-state index is 10.8. The second-order valence-corrected chi connectivity index (χ2v) is 2.99. The van der Waals surface area contributed by atoms with Crippen molar-refractivity contribution in [1.29, 1.82) is 0 Å². The molecule has 0 fully saturated rings. The molecule has 2 aromatic heterocycles. The van der Waals surface area contributed by atoms with Crippen molar-refractivity contribution in [2.24, 2.45) is 7.05 Å². The molecule has 0 bridgehead atoms. The van der Waals surface area contributed by atoms with Crippen molar-refractivity contribution >= 4 is 17.1 Å². The maximum Gasteiger partial charge on any atom is 0.372 e. The van der Waals surface area contributed by atoms with E-state index in [1.165, 1.54) is 11.7 Å². The number of ether oxygens (including phenoxy) is 1. The second kappa shape index (κ2) is 3.23. The minimum absolute atomic E-state index is 0.0537. The number of fused-ring (bicyclic) bond motifs is 1. The predicted octanol–water partition coefficient (Wildman–Crippen LogP) is 0.675. The third-order valence-electron chi connectivity index (χ3n) is 2.13. The Balaban J connectivity index is 2.81. The Morgan fingerprint density at radius 1 is 1.60 bits per heavy atom. The summed E-state index contributed by atoms with van der Waals surface area (Å²) in [4.78, 5) is 18.8. The second-order valence-electron chi connectivity index (χ2n) is 2.99. The lowest BCUT2D eigenvalue weighted by atomic mass is 10.4. The molecule has 2 rings (SSSR count). The van der Waals surface area contributed by atoms with Crippen LogP contribution in [-0.2, 0) is 7.05 Å². The number of imidazole rings is 1. The molecule has 0 saturated carbocycles. The predicted molar refractivity (Wildman–Crippen MR) is 52.0 cm³/mol. The Morgan fingerprint density at radius 2 is 2.33 bits per heavy atom. The van der Waals surface area contributed by atoms with E-state index in [-0.39, 0.29) is 5.82 Å². The first kappa shape index (κ1) is 9.45. The van der Waals surface area contributed by atoms with Crippen LogP contribution < -0.4 is 4.74 Å². The van der Waals surface area contributed by atoms with E-state index in [0.717, 1.165) is 0 Å². The van der Waals surface area contributed by atoms with Crippen LogP contribution in [0.25, 0.3) is 11.2 Å². The Kier molecular flexibility index (Phi) is 2.03. The van der Waals surface area contributed by atoms with Crippen molar-refractivity contribution in [2.75, 3.05) is 7.11 Å². The molecule has 78 valence electrons. The fourth-order valence-electron chi connectivity index (χ4n) is 1.41. The van der Waals surface area contributed by atoms with Crippen LogP contribution in [0.5, 0.6) is 5.75 Å². The van der Waals surface area contributed by atoms with E-state index in [9.17, 15) is 4.79 Å². The van der Waals surface area contributed by atoms with Gasteiger partial charge in [-0.25, -0.2) is 14.8 Å². The van der Waals surface area contributed by atoms with Gasteiger partial charge in [0.1, 0.15) is 5.75 Å². The van der Waals surface area contributed by atoms with Gasteiger partial charge in [0.05, 0.1) is 7.11 Å². The number of hydrogen-bond donors (Lipinski definition) is 1. The number of methoxy groups -OCH3 is 1. The maximum absolute atomic E-state index is 10.8. The summed E-state index contributed by atoms with van der Waals surface area (Å²) in [5.74, 6) is -0.623. The normalized spacial score (nSPS) is 10.5. The number of aromatic nitrogens is 3. The first-order chi connectivity index (χ1) is 7.15. The fourth-order valence-corrected chi connectivity index (χ4v) is 1.41. The molecule has 6 nitrogen and oxygen atoms in total. The van der Waals surface area contributed by atoms with Crippen LogP contribution in [0.4, 0.5) is 0 Å². The van der Waals surface area contributed by atoms with E-state index in [1.54, 1.807) is 19.3 Å². The molecule has 0 atom stereocenters. The summed E-state index contributed by atoms with van der Waals surface area (Å²) < 4.78 is 6.48. The number of aryl methyl sites for hydroxylation is 1. The zero-order chi connectivity index (χ0) is 11.0. The van der Waals surface area contributed by atoms with E-state index >= 15 is 0 Å². The van der Waals surface area contributed by atoms with Crippen LogP contribution in [0.2, 0.25) is 0 Å². The smallest absolute Gasteiger partial charge is 0.372 e. The molecule has 2 aromatic rings. The highest BCUT2D eigenvalue weighted by Crippen LogP contribution is 2.22. The van der Waals surface area contributed by atoms with Gasteiger partial charge >= 0.3 is 5.97 Å². The third-order valence-corrected chi connectivity index (χ3v) is 2.13. The summed E-state index contributed by atoms with van der Waals surface area (Å²) in [5.41, 5.74) is 0.951. The first-order valence-corrected chi connectivity index (χ1v) is 4.24. The Hall–Kier alpha value is -2.11. The van der Waals surface area contributed by atoms with E-state index in [0.29, 0.717) is 16.9 Å². The summed E-state index contributed by atoms with van der Waals surface area (Å²) in [6, 6.07) is 1.64. The molecule has 0 saturated heterocycles. The number of nitrogens with zero attached hydrogens (tertiary/aromatic N) is 3. The molecule has 0 spiro atoms. The molecule has 0 aliphatic rings. The van der Waals surface area contributed by atoms with Gasteiger partial charge in [0.2, 0.25) is 5.82 Å². The van der Waals surface area contributed by atoms with Crippen LogP contribution in [0, 0.1) is 0 Å². The molecule has 0 aromatic carbocycles. The summed E-state index contributed by atoms with van der Waals surface area (Å²) in [5, 5.41) is 8.88. The van der Waals surface area contributed by atoms with Gasteiger partial charge in [-0.2, -0.15) is 0 Å². The minimum Gasteiger partial charge on any atom is -0.494 e. The summed E-state index contributed by atoms with van der Waals surface area (Å²) in [6.07, 6.45) is 1.55. The highest BCUT2D eigenvalue weighted by atomic mass is 16.5. The van der Waals surface area contributed by atoms with Crippen LogP contribution >= 0.6 is 0 Å². The molecule has 2 heterocycles. The topological polar surface area (TPSA) is 77.2 Å². The SMILES string of the molecule is COc1ccnc2c1nc(C(=O)O)n2C. The lowest BCUT2D eigenvalue weighted by Gasteiger charge is -1.99. The van der Waals surface area contributed by atoms with Crippen molar-refractivity contribution in [3.05, 3.63) is 18.1 Å². The average molecular weight is 207 g/mol. The quantitative estimate of drug-likeness (QED) is 0.783. The molecule has 0 aliphatic carbocycles. The van der Waals surface area contributed by atoms with Crippen molar-refractivity contribution < 1.29 is 14.6 Å². The molecule has 15 heavy (non-hydrogen) atoms. The number of aromatic carboxylic acids is 1. The van der Waals surface area contributed by atoms with Gasteiger partial charge in [-0.05, 0) is 0 Å². The fraction of sp³-hybridized carbons (Fsp3) is 0.222. The first-order valence-electron chi connectivity index (χ1n) is 4.24. The van der Waals surface area contributed by atoms with Crippen molar-refractivity contribution in [3.8, 4) is 5.75 Å². The number of pyridine rings is 1. The van der Waals surface area contributed by atoms with Gasteiger partial charge in [-0.3, -0.25) is 0 Å². The lowest BCUT2D eigenvalue weighted by molar-refractivity contribution is 0.0680. The largest absolute Gasteiger partial charge is 0.494 e. The van der Waals surface area contributed by atoms with Crippen molar-refractivity contribution in [3.63, 3.8) is 0 Å². The number of rotatable bonds is 2. The Labute approximate surface area is 85.1 Å². The van der Waals surface area contributed by atoms with E-state index in [2.05, 4.69) is 9.97 Å². The van der Waals surface area contributed by atoms with Crippen LogP contribution in [0.1, 0.15) is 10.6 Å². The number of carbonyl (C=O) groups is 1. The molecule has 0 amide bonds. The molecule has 0 unspecified atom stereocenters. The average Bonchev–Trinajstić information content (AvgIpc) is 2.56. The van der Waals surface area contributed by atoms with E-state index in [1.807, 2.05) is 0 Å². The van der Waals surface area contributed by atoms with E-state index in [4.69, 9.17) is 9.84 Å². The lowest BCUT2D eigenvalue weighted by Crippen LogP contribution is -2.05. The molecule has 1 N–H and O–H groups in total. The zero-order valence-corrected chi connectivity index (χ0v) is 8.26. The van der Waals surface area contributed by atoms with Crippen molar-refractivity contribution in [2.45, 2.75) is 0 Å². The van der Waals surface area contributed by atoms with Gasteiger partial charge in [-0.1, -0.05) is 0 Å². The van der Waals surface area contributed by atoms with Gasteiger partial charge in [0.15, 0.2) is 11.2 Å². The molecule has 0 radical (unpaired) electrons. The van der Waals surface area contributed by atoms with Gasteiger partial charge < -0.3 is 14.4 Å². The molecule has 0 aliphatic heterocycles. The summed E-state index contributed by atoms with van der Waals surface area (Å²) in [7, 11) is 3.11. The highest BCUT2D eigenvalue weighted by Gasteiger charge is 2.17. The van der Waals surface area contributed by atoms with Crippen LogP contribution in [0.3, 0.4) is 0 Å². The third kappa shape index (κ3) is 1.30.